The van der Waals surface area contributed by atoms with E-state index in [1.54, 1.807) is 0 Å². The van der Waals surface area contributed by atoms with Crippen molar-refractivity contribution in [2.45, 2.75) is 26.4 Å². The van der Waals surface area contributed by atoms with Crippen LogP contribution >= 0.6 is 0 Å². The van der Waals surface area contributed by atoms with E-state index in [1.165, 1.54) is 0 Å². The quantitative estimate of drug-likeness (QED) is 0.663. The van der Waals surface area contributed by atoms with Crippen molar-refractivity contribution in [3.05, 3.63) is 35.9 Å². The molecular weight excluding hydrogens is 232 g/mol. The van der Waals surface area contributed by atoms with Gasteiger partial charge in [0.1, 0.15) is 13.2 Å². The molecule has 0 radical (unpaired) electrons. The molecule has 0 N–H and O–H groups in total. The molecule has 0 heterocycles. The van der Waals surface area contributed by atoms with Crippen LogP contribution in [-0.4, -0.2) is 25.0 Å². The summed E-state index contributed by atoms with van der Waals surface area (Å²) in [4.78, 5) is 22.6. The second kappa shape index (κ2) is 8.42. The van der Waals surface area contributed by atoms with E-state index < -0.39 is 0 Å². The molecule has 0 fully saturated rings. The van der Waals surface area contributed by atoms with Gasteiger partial charge < -0.3 is 9.47 Å². The number of ketones is 1. The Kier molecular flexibility index (Phi) is 6.72. The fraction of sp³-hybridized carbons (Fsp3) is 0.429. The summed E-state index contributed by atoms with van der Waals surface area (Å²) in [6.45, 7) is 2.65. The van der Waals surface area contributed by atoms with Gasteiger partial charge in [-0.1, -0.05) is 30.3 Å². The van der Waals surface area contributed by atoms with Crippen LogP contribution in [0.15, 0.2) is 30.3 Å². The van der Waals surface area contributed by atoms with Gasteiger partial charge in [0.05, 0.1) is 6.42 Å². The molecule has 0 amide bonds. The van der Waals surface area contributed by atoms with Gasteiger partial charge in [0.15, 0.2) is 5.78 Å². The zero-order valence-electron chi connectivity index (χ0n) is 10.6. The lowest BCUT2D eigenvalue weighted by molar-refractivity contribution is -0.146. The Morgan fingerprint density at radius 3 is 2.50 bits per heavy atom. The normalized spacial score (nSPS) is 10.1. The first kappa shape index (κ1) is 14.4. The number of ether oxygens (including phenoxy) is 2. The summed E-state index contributed by atoms with van der Waals surface area (Å²) in [5.74, 6) is -0.433. The van der Waals surface area contributed by atoms with Crippen LogP contribution in [0.1, 0.15) is 25.3 Å². The summed E-state index contributed by atoms with van der Waals surface area (Å²) in [7, 11) is 0. The second-order valence-corrected chi connectivity index (χ2v) is 3.82. The maximum absolute atomic E-state index is 11.4. The molecule has 1 rings (SSSR count). The molecule has 98 valence electrons. The van der Waals surface area contributed by atoms with E-state index in [9.17, 15) is 9.59 Å². The highest BCUT2D eigenvalue weighted by atomic mass is 16.5. The van der Waals surface area contributed by atoms with E-state index >= 15 is 0 Å². The molecule has 0 atom stereocenters. The van der Waals surface area contributed by atoms with Gasteiger partial charge in [0, 0.05) is 13.0 Å². The summed E-state index contributed by atoms with van der Waals surface area (Å²) < 4.78 is 10.0. The lowest BCUT2D eigenvalue weighted by Gasteiger charge is -2.04. The Morgan fingerprint density at radius 1 is 1.11 bits per heavy atom. The number of Topliss-reactive ketones (excluding diaryl/α,β-unsaturated/α-hetero) is 1. The predicted molar refractivity (Wildman–Crippen MR) is 67.0 cm³/mol. The van der Waals surface area contributed by atoms with Crippen LogP contribution < -0.4 is 0 Å². The lowest BCUT2D eigenvalue weighted by Crippen LogP contribution is -2.12. The highest BCUT2D eigenvalue weighted by Crippen LogP contribution is 2.03. The highest BCUT2D eigenvalue weighted by molar-refractivity contribution is 5.83. The van der Waals surface area contributed by atoms with E-state index in [1.807, 2.05) is 37.3 Å². The molecule has 0 aliphatic rings. The third-order valence-electron chi connectivity index (χ3n) is 2.32. The maximum atomic E-state index is 11.4. The zero-order chi connectivity index (χ0) is 13.2. The fourth-order valence-electron chi connectivity index (χ4n) is 1.34. The van der Waals surface area contributed by atoms with Crippen LogP contribution in [0, 0.1) is 0 Å². The molecule has 0 aliphatic carbocycles. The largest absolute Gasteiger partial charge is 0.461 e. The van der Waals surface area contributed by atoms with Crippen molar-refractivity contribution in [1.29, 1.82) is 0 Å². The van der Waals surface area contributed by atoms with E-state index in [2.05, 4.69) is 0 Å². The number of hydrogen-bond acceptors (Lipinski definition) is 4. The van der Waals surface area contributed by atoms with Crippen LogP contribution in [0.3, 0.4) is 0 Å². The molecular formula is C14H18O4. The summed E-state index contributed by atoms with van der Waals surface area (Å²) in [5, 5.41) is 0. The van der Waals surface area contributed by atoms with Gasteiger partial charge in [-0.05, 0) is 12.5 Å². The maximum Gasteiger partial charge on any atom is 0.306 e. The zero-order valence-corrected chi connectivity index (χ0v) is 10.6. The van der Waals surface area contributed by atoms with Gasteiger partial charge in [0.2, 0.25) is 0 Å². The predicted octanol–water partition coefficient (Wildman–Crippen LogP) is 2.12. The van der Waals surface area contributed by atoms with Gasteiger partial charge >= 0.3 is 5.97 Å². The number of hydrogen-bond donors (Lipinski definition) is 0. The molecule has 4 heteroatoms. The summed E-state index contributed by atoms with van der Waals surface area (Å²) in [6, 6.07) is 9.43. The molecule has 0 saturated carbocycles. The average Bonchev–Trinajstić information content (AvgIpc) is 2.41. The molecule has 4 nitrogen and oxygen atoms in total. The Bertz CT molecular complexity index is 373. The Hall–Kier alpha value is -1.68. The van der Waals surface area contributed by atoms with Gasteiger partial charge in [0.25, 0.3) is 0 Å². The molecule has 0 spiro atoms. The molecule has 0 aromatic heterocycles. The summed E-state index contributed by atoms with van der Waals surface area (Å²) in [5.41, 5.74) is 0.937. The number of carbonyl (C=O) groups excluding carboxylic acids is 2. The topological polar surface area (TPSA) is 52.6 Å². The van der Waals surface area contributed by atoms with Crippen molar-refractivity contribution in [2.75, 3.05) is 13.2 Å². The van der Waals surface area contributed by atoms with Crippen LogP contribution in [0.5, 0.6) is 0 Å². The van der Waals surface area contributed by atoms with Crippen LogP contribution in [0.4, 0.5) is 0 Å². The van der Waals surface area contributed by atoms with Gasteiger partial charge in [-0.15, -0.1) is 0 Å². The van der Waals surface area contributed by atoms with Crippen LogP contribution in [0.2, 0.25) is 0 Å². The minimum absolute atomic E-state index is 0.0719. The van der Waals surface area contributed by atoms with Gasteiger partial charge in [-0.3, -0.25) is 9.59 Å². The van der Waals surface area contributed by atoms with E-state index in [0.717, 1.165) is 5.56 Å². The summed E-state index contributed by atoms with van der Waals surface area (Å²) >= 11 is 0. The third kappa shape index (κ3) is 6.15. The van der Waals surface area contributed by atoms with Gasteiger partial charge in [-0.2, -0.15) is 0 Å². The second-order valence-electron chi connectivity index (χ2n) is 3.82. The number of rotatable bonds is 8. The molecule has 18 heavy (non-hydrogen) atoms. The Labute approximate surface area is 107 Å². The number of carbonyl (C=O) groups is 2. The van der Waals surface area contributed by atoms with Crippen molar-refractivity contribution in [3.63, 3.8) is 0 Å². The first-order valence-corrected chi connectivity index (χ1v) is 6.01. The first-order valence-electron chi connectivity index (χ1n) is 6.01. The van der Waals surface area contributed by atoms with E-state index in [0.29, 0.717) is 6.61 Å². The standard InChI is InChI=1S/C14H18O4/c1-2-17-11-13(15)8-9-14(16)18-10-12-6-4-3-5-7-12/h3-7H,2,8-11H2,1H3. The molecule has 0 saturated heterocycles. The monoisotopic (exact) mass is 250 g/mol. The Morgan fingerprint density at radius 2 is 1.83 bits per heavy atom. The molecule has 1 aromatic rings. The molecule has 1 aromatic carbocycles. The average molecular weight is 250 g/mol. The SMILES string of the molecule is CCOCC(=O)CCC(=O)OCc1ccccc1. The van der Waals surface area contributed by atoms with Crippen LogP contribution in [0.25, 0.3) is 0 Å². The number of esters is 1. The fourth-order valence-corrected chi connectivity index (χ4v) is 1.34. The highest BCUT2D eigenvalue weighted by Gasteiger charge is 2.08. The van der Waals surface area contributed by atoms with Crippen molar-refractivity contribution < 1.29 is 19.1 Å². The smallest absolute Gasteiger partial charge is 0.306 e. The van der Waals surface area contributed by atoms with Gasteiger partial charge in [-0.25, -0.2) is 0 Å². The van der Waals surface area contributed by atoms with E-state index in [4.69, 9.17) is 9.47 Å². The third-order valence-corrected chi connectivity index (χ3v) is 2.32. The summed E-state index contributed by atoms with van der Waals surface area (Å²) in [6.07, 6.45) is 0.284. The lowest BCUT2D eigenvalue weighted by atomic mass is 10.2. The molecule has 0 bridgehead atoms. The van der Waals surface area contributed by atoms with Crippen molar-refractivity contribution in [2.24, 2.45) is 0 Å². The number of benzene rings is 1. The van der Waals surface area contributed by atoms with Crippen molar-refractivity contribution in [3.8, 4) is 0 Å². The minimum atomic E-state index is -0.358. The minimum Gasteiger partial charge on any atom is -0.461 e. The van der Waals surface area contributed by atoms with E-state index in [-0.39, 0.29) is 37.8 Å². The molecule has 0 aliphatic heterocycles. The van der Waals surface area contributed by atoms with Crippen LogP contribution in [-0.2, 0) is 25.7 Å². The van der Waals surface area contributed by atoms with Crippen molar-refractivity contribution >= 4 is 11.8 Å². The molecule has 0 unspecified atom stereocenters. The first-order chi connectivity index (χ1) is 8.72. The Balaban J connectivity index is 2.16. The van der Waals surface area contributed by atoms with Crippen molar-refractivity contribution in [1.82, 2.24) is 0 Å².